The van der Waals surface area contributed by atoms with Crippen molar-refractivity contribution in [2.45, 2.75) is 38.0 Å². The minimum absolute atomic E-state index is 0.0855. The molecule has 39 heavy (non-hydrogen) atoms. The Labute approximate surface area is 231 Å². The topological polar surface area (TPSA) is 84.3 Å². The van der Waals surface area contributed by atoms with Gasteiger partial charge in [0.15, 0.2) is 11.6 Å². The molecule has 1 N–H and O–H groups in total. The van der Waals surface area contributed by atoms with Crippen molar-refractivity contribution in [3.63, 3.8) is 0 Å². The van der Waals surface area contributed by atoms with Crippen molar-refractivity contribution >= 4 is 28.8 Å². The third-order valence-corrected chi connectivity index (χ3v) is 7.89. The number of amides is 1. The van der Waals surface area contributed by atoms with Crippen LogP contribution >= 0.6 is 11.3 Å². The Balaban J connectivity index is 1.42. The molecule has 4 aromatic rings. The van der Waals surface area contributed by atoms with Gasteiger partial charge in [0.1, 0.15) is 5.75 Å². The number of carbonyl (C=O) groups is 1. The Hall–Kier alpha value is -4.01. The molecule has 0 fully saturated rings. The van der Waals surface area contributed by atoms with E-state index in [1.165, 1.54) is 0 Å². The average Bonchev–Trinajstić information content (AvgIpc) is 3.56. The van der Waals surface area contributed by atoms with Gasteiger partial charge in [0, 0.05) is 36.0 Å². The fourth-order valence-electron chi connectivity index (χ4n) is 5.25. The van der Waals surface area contributed by atoms with Crippen molar-refractivity contribution < 1.29 is 19.4 Å². The van der Waals surface area contributed by atoms with E-state index in [9.17, 15) is 4.79 Å². The predicted molar refractivity (Wildman–Crippen MR) is 151 cm³/mol. The lowest BCUT2D eigenvalue weighted by Gasteiger charge is -2.41. The fourth-order valence-corrected chi connectivity index (χ4v) is 5.85. The molecular weight excluding hydrogens is 510 g/mol. The zero-order valence-corrected chi connectivity index (χ0v) is 22.4. The number of aliphatic imine (C=N–C) groups is 1. The van der Waals surface area contributed by atoms with Crippen LogP contribution in [0.15, 0.2) is 89.2 Å². The summed E-state index contributed by atoms with van der Waals surface area (Å²) in [7, 11) is 0. The summed E-state index contributed by atoms with van der Waals surface area (Å²) in [4.78, 5) is 26.1. The highest BCUT2D eigenvalue weighted by molar-refractivity contribution is 7.09. The van der Waals surface area contributed by atoms with Gasteiger partial charge in [-0.2, -0.15) is 0 Å². The molecule has 198 valence electrons. The Morgan fingerprint density at radius 2 is 1.82 bits per heavy atom. The van der Waals surface area contributed by atoms with E-state index in [2.05, 4.69) is 4.98 Å². The van der Waals surface area contributed by atoms with Gasteiger partial charge < -0.3 is 19.5 Å². The minimum atomic E-state index is -1.16. The molecule has 3 aromatic carbocycles. The first-order chi connectivity index (χ1) is 19.1. The van der Waals surface area contributed by atoms with E-state index < -0.39 is 11.6 Å². The zero-order chi connectivity index (χ0) is 26.8. The number of ether oxygens (including phenoxy) is 2. The number of aromatic nitrogens is 1. The zero-order valence-electron chi connectivity index (χ0n) is 21.6. The van der Waals surface area contributed by atoms with Crippen molar-refractivity contribution in [2.75, 3.05) is 18.1 Å². The van der Waals surface area contributed by atoms with Gasteiger partial charge in [-0.15, -0.1) is 11.3 Å². The molecule has 0 radical (unpaired) electrons. The monoisotopic (exact) mass is 539 g/mol. The SMILES string of the molecule is Cc1nc(CN2C(=O)[C@@]3(Cc4ccccc4)N=C(c4ccc(OCCCO)cc4)O[C@H]3c3ccccc32)cs1. The number of hydrogen-bond acceptors (Lipinski definition) is 7. The predicted octanol–water partition coefficient (Wildman–Crippen LogP) is 5.26. The van der Waals surface area contributed by atoms with Crippen molar-refractivity contribution in [3.8, 4) is 5.75 Å². The molecule has 6 rings (SSSR count). The summed E-state index contributed by atoms with van der Waals surface area (Å²) < 4.78 is 12.3. The number of aliphatic hydroxyl groups excluding tert-OH is 1. The largest absolute Gasteiger partial charge is 0.494 e. The number of rotatable bonds is 9. The van der Waals surface area contributed by atoms with E-state index in [0.29, 0.717) is 37.6 Å². The fraction of sp³-hybridized carbons (Fsp3) is 0.258. The summed E-state index contributed by atoms with van der Waals surface area (Å²) in [6.07, 6.45) is 0.412. The lowest BCUT2D eigenvalue weighted by molar-refractivity contribution is -0.127. The molecule has 1 amide bonds. The van der Waals surface area contributed by atoms with Gasteiger partial charge in [-0.05, 0) is 42.8 Å². The first-order valence-corrected chi connectivity index (χ1v) is 13.9. The first-order valence-electron chi connectivity index (χ1n) is 13.0. The number of hydrogen-bond donors (Lipinski definition) is 1. The number of anilines is 1. The van der Waals surface area contributed by atoms with Gasteiger partial charge in [-0.3, -0.25) is 4.79 Å². The number of thiazole rings is 1. The highest BCUT2D eigenvalue weighted by Crippen LogP contribution is 2.50. The van der Waals surface area contributed by atoms with Crippen LogP contribution in [0.4, 0.5) is 5.69 Å². The molecule has 2 aliphatic heterocycles. The third kappa shape index (κ3) is 4.82. The van der Waals surface area contributed by atoms with Crippen LogP contribution in [0.25, 0.3) is 0 Å². The molecule has 2 aliphatic rings. The Morgan fingerprint density at radius 3 is 2.56 bits per heavy atom. The molecular formula is C31H29N3O4S. The number of fused-ring (bicyclic) bond motifs is 3. The van der Waals surface area contributed by atoms with Gasteiger partial charge in [-0.25, -0.2) is 9.98 Å². The smallest absolute Gasteiger partial charge is 0.260 e. The molecule has 8 heteroatoms. The molecule has 0 unspecified atom stereocenters. The van der Waals surface area contributed by atoms with Crippen LogP contribution in [0, 0.1) is 6.92 Å². The van der Waals surface area contributed by atoms with E-state index >= 15 is 0 Å². The molecule has 0 spiro atoms. The maximum atomic E-state index is 14.6. The highest BCUT2D eigenvalue weighted by atomic mass is 32.1. The normalized spacial score (nSPS) is 19.7. The van der Waals surface area contributed by atoms with Gasteiger partial charge in [-0.1, -0.05) is 48.5 Å². The summed E-state index contributed by atoms with van der Waals surface area (Å²) in [5.74, 6) is 1.04. The average molecular weight is 540 g/mol. The number of nitrogens with zero attached hydrogens (tertiary/aromatic N) is 3. The van der Waals surface area contributed by atoms with Crippen LogP contribution in [-0.4, -0.2) is 40.6 Å². The van der Waals surface area contributed by atoms with Crippen LogP contribution in [0.1, 0.15) is 39.9 Å². The summed E-state index contributed by atoms with van der Waals surface area (Å²) in [6, 6.07) is 25.4. The second kappa shape index (κ2) is 10.6. The Morgan fingerprint density at radius 1 is 1.05 bits per heavy atom. The highest BCUT2D eigenvalue weighted by Gasteiger charge is 2.58. The summed E-state index contributed by atoms with van der Waals surface area (Å²) in [5.41, 5.74) is 3.24. The van der Waals surface area contributed by atoms with Crippen LogP contribution in [0.2, 0.25) is 0 Å². The molecule has 1 aromatic heterocycles. The molecule has 0 saturated heterocycles. The quantitative estimate of drug-likeness (QED) is 0.294. The van der Waals surface area contributed by atoms with Crippen molar-refractivity contribution in [1.29, 1.82) is 0 Å². The second-order valence-electron chi connectivity index (χ2n) is 9.76. The van der Waals surface area contributed by atoms with E-state index in [0.717, 1.165) is 33.1 Å². The third-order valence-electron chi connectivity index (χ3n) is 7.07. The molecule has 0 bridgehead atoms. The van der Waals surface area contributed by atoms with Gasteiger partial charge in [0.25, 0.3) is 5.91 Å². The summed E-state index contributed by atoms with van der Waals surface area (Å²) in [5, 5.41) is 12.0. The lowest BCUT2D eigenvalue weighted by Crippen LogP contribution is -2.55. The number of carbonyl (C=O) groups excluding carboxylic acids is 1. The van der Waals surface area contributed by atoms with E-state index in [1.54, 1.807) is 11.3 Å². The molecule has 0 saturated carbocycles. The number of benzene rings is 3. The van der Waals surface area contributed by atoms with Crippen LogP contribution in [-0.2, 0) is 22.5 Å². The maximum absolute atomic E-state index is 14.6. The first kappa shape index (κ1) is 25.3. The molecule has 3 heterocycles. The van der Waals surface area contributed by atoms with E-state index in [4.69, 9.17) is 19.6 Å². The van der Waals surface area contributed by atoms with Crippen LogP contribution in [0.5, 0.6) is 5.75 Å². The Kier molecular flexibility index (Phi) is 6.89. The standard InChI is InChI=1S/C31H29N3O4S/c1-21-32-24(20-39-21)19-34-27-11-6-5-10-26(27)28-31(30(34)36,18-22-8-3-2-4-9-22)33-29(38-28)23-12-14-25(15-13-23)37-17-7-16-35/h2-6,8-15,20,28,35H,7,16-19H2,1H3/t28-,31-/m0/s1. The second-order valence-corrected chi connectivity index (χ2v) is 10.8. The molecule has 0 aliphatic carbocycles. The number of aliphatic hydroxyl groups is 1. The summed E-state index contributed by atoms with van der Waals surface area (Å²) in [6.45, 7) is 2.86. The van der Waals surface area contributed by atoms with Crippen LogP contribution in [0.3, 0.4) is 0 Å². The maximum Gasteiger partial charge on any atom is 0.260 e. The van der Waals surface area contributed by atoms with E-state index in [-0.39, 0.29) is 12.5 Å². The summed E-state index contributed by atoms with van der Waals surface area (Å²) >= 11 is 1.58. The van der Waals surface area contributed by atoms with Gasteiger partial charge >= 0.3 is 0 Å². The van der Waals surface area contributed by atoms with Crippen molar-refractivity contribution in [2.24, 2.45) is 4.99 Å². The Bertz CT molecular complexity index is 1500. The van der Waals surface area contributed by atoms with Crippen LogP contribution < -0.4 is 9.64 Å². The molecule has 2 atom stereocenters. The number of aryl methyl sites for hydroxylation is 1. The number of para-hydroxylation sites is 1. The van der Waals surface area contributed by atoms with Gasteiger partial charge in [0.2, 0.25) is 5.90 Å². The van der Waals surface area contributed by atoms with Crippen molar-refractivity contribution in [1.82, 2.24) is 4.98 Å². The minimum Gasteiger partial charge on any atom is -0.494 e. The van der Waals surface area contributed by atoms with E-state index in [1.807, 2.05) is 96.1 Å². The van der Waals surface area contributed by atoms with Gasteiger partial charge in [0.05, 0.1) is 29.5 Å². The van der Waals surface area contributed by atoms with Crippen molar-refractivity contribution in [3.05, 3.63) is 112 Å². The lowest BCUT2D eigenvalue weighted by atomic mass is 9.78. The molecule has 7 nitrogen and oxygen atoms in total.